The summed E-state index contributed by atoms with van der Waals surface area (Å²) in [5, 5.41) is 6.94. The lowest BCUT2D eigenvalue weighted by Gasteiger charge is -2.11. The van der Waals surface area contributed by atoms with Crippen LogP contribution in [0.3, 0.4) is 0 Å². The number of nitrogens with one attached hydrogen (secondary N) is 1. The largest absolute Gasteiger partial charge is 0.497 e. The number of hydrogen-bond donors (Lipinski definition) is 1. The summed E-state index contributed by atoms with van der Waals surface area (Å²) >= 11 is 4.52. The summed E-state index contributed by atoms with van der Waals surface area (Å²) in [7, 11) is 2.75. The van der Waals surface area contributed by atoms with Gasteiger partial charge in [0.05, 0.1) is 29.9 Å². The Bertz CT molecular complexity index is 1580. The van der Waals surface area contributed by atoms with Crippen LogP contribution in [-0.2, 0) is 23.8 Å². The second-order valence-corrected chi connectivity index (χ2v) is 10.8. The molecule has 8 nitrogen and oxygen atoms in total. The van der Waals surface area contributed by atoms with Crippen LogP contribution in [0.1, 0.15) is 56.2 Å². The van der Waals surface area contributed by atoms with E-state index in [9.17, 15) is 22.8 Å². The molecule has 0 fully saturated rings. The Hall–Kier alpha value is -3.45. The molecule has 3 aromatic heterocycles. The van der Waals surface area contributed by atoms with Gasteiger partial charge in [-0.3, -0.25) is 4.79 Å². The van der Waals surface area contributed by atoms with Crippen LogP contribution in [0.4, 0.5) is 18.2 Å². The third-order valence-corrected chi connectivity index (χ3v) is 8.40. The summed E-state index contributed by atoms with van der Waals surface area (Å²) in [5.74, 6) is -0.824. The molecular formula is C26H22BrF3N4O4S. The molecule has 4 aromatic rings. The Balaban J connectivity index is 1.58. The summed E-state index contributed by atoms with van der Waals surface area (Å²) in [6.07, 6.45) is -0.443. The van der Waals surface area contributed by atoms with Crippen molar-refractivity contribution in [2.24, 2.45) is 0 Å². The van der Waals surface area contributed by atoms with Crippen LogP contribution in [-0.4, -0.2) is 40.7 Å². The number of nitrogens with zero attached hydrogens (tertiary/aromatic N) is 3. The molecule has 0 bridgehead atoms. The van der Waals surface area contributed by atoms with Crippen molar-refractivity contribution in [3.05, 3.63) is 62.2 Å². The Morgan fingerprint density at radius 3 is 2.49 bits per heavy atom. The second kappa shape index (κ2) is 10.6. The third-order valence-electron chi connectivity index (χ3n) is 6.46. The van der Waals surface area contributed by atoms with Crippen LogP contribution < -0.4 is 10.1 Å². The minimum Gasteiger partial charge on any atom is -0.497 e. The number of fused-ring (bicyclic) bond motifs is 2. The van der Waals surface area contributed by atoms with Gasteiger partial charge in [0.15, 0.2) is 17.0 Å². The summed E-state index contributed by atoms with van der Waals surface area (Å²) in [6.45, 7) is 0. The van der Waals surface area contributed by atoms with E-state index < -0.39 is 23.7 Å². The number of anilines is 1. The van der Waals surface area contributed by atoms with Crippen LogP contribution >= 0.6 is 27.3 Å². The van der Waals surface area contributed by atoms with Crippen molar-refractivity contribution in [3.63, 3.8) is 0 Å². The van der Waals surface area contributed by atoms with Crippen molar-refractivity contribution in [2.75, 3.05) is 19.5 Å². The number of amides is 1. The number of esters is 1. The number of methoxy groups -OCH3 is 2. The van der Waals surface area contributed by atoms with Gasteiger partial charge in [-0.2, -0.15) is 18.3 Å². The summed E-state index contributed by atoms with van der Waals surface area (Å²) in [6, 6.07) is 7.28. The minimum absolute atomic E-state index is 0.0152. The predicted molar refractivity (Wildman–Crippen MR) is 143 cm³/mol. The van der Waals surface area contributed by atoms with Gasteiger partial charge in [0.1, 0.15) is 10.8 Å². The Morgan fingerprint density at radius 2 is 1.82 bits per heavy atom. The SMILES string of the molecule is COC(=O)c1c(NC(=O)c2nn3c(C(F)(F)F)cc(-c4ccc(OC)cc4)nc3c2Br)sc2c1CCCCC2. The molecule has 13 heteroatoms. The number of aromatic nitrogens is 3. The van der Waals surface area contributed by atoms with Gasteiger partial charge >= 0.3 is 12.1 Å². The molecule has 39 heavy (non-hydrogen) atoms. The van der Waals surface area contributed by atoms with Crippen LogP contribution in [0.5, 0.6) is 5.75 Å². The van der Waals surface area contributed by atoms with E-state index in [4.69, 9.17) is 9.47 Å². The van der Waals surface area contributed by atoms with Crippen LogP contribution in [0.2, 0.25) is 0 Å². The summed E-state index contributed by atoms with van der Waals surface area (Å²) in [5.41, 5.74) is -0.000446. The zero-order valence-electron chi connectivity index (χ0n) is 20.8. The zero-order valence-corrected chi connectivity index (χ0v) is 23.2. The molecule has 5 rings (SSSR count). The Kier molecular flexibility index (Phi) is 7.38. The number of benzene rings is 1. The average molecular weight is 623 g/mol. The topological polar surface area (TPSA) is 94.8 Å². The van der Waals surface area contributed by atoms with E-state index >= 15 is 0 Å². The lowest BCUT2D eigenvalue weighted by atomic mass is 10.1. The van der Waals surface area contributed by atoms with E-state index in [0.29, 0.717) is 22.2 Å². The second-order valence-electron chi connectivity index (χ2n) is 8.87. The Labute approximate surface area is 233 Å². The molecule has 0 atom stereocenters. The van der Waals surface area contributed by atoms with Gasteiger partial charge in [-0.15, -0.1) is 11.3 Å². The fourth-order valence-electron chi connectivity index (χ4n) is 4.56. The number of thiophene rings is 1. The predicted octanol–water partition coefficient (Wildman–Crippen LogP) is 6.56. The number of rotatable bonds is 5. The van der Waals surface area contributed by atoms with E-state index in [2.05, 4.69) is 31.3 Å². The number of carbonyl (C=O) groups is 2. The first-order valence-electron chi connectivity index (χ1n) is 12.0. The number of halogens is 4. The molecule has 0 saturated heterocycles. The minimum atomic E-state index is -4.79. The number of alkyl halides is 3. The van der Waals surface area contributed by atoms with Gasteiger partial charge in [0, 0.05) is 10.4 Å². The standard InChI is InChI=1S/C26H22BrF3N4O4S/c1-37-14-10-8-13(9-11-14)16-12-18(26(28,29)30)34-22(31-16)20(27)21(33-34)23(35)32-24-19(25(36)38-2)15-6-4-3-5-7-17(15)39-24/h8-12H,3-7H2,1-2H3,(H,32,35). The molecule has 0 radical (unpaired) electrons. The van der Waals surface area contributed by atoms with Crippen molar-refractivity contribution in [2.45, 2.75) is 38.3 Å². The van der Waals surface area contributed by atoms with Gasteiger partial charge in [-0.25, -0.2) is 14.3 Å². The van der Waals surface area contributed by atoms with Crippen LogP contribution in [0, 0.1) is 0 Å². The summed E-state index contributed by atoms with van der Waals surface area (Å²) < 4.78 is 52.9. The first kappa shape index (κ1) is 27.1. The van der Waals surface area contributed by atoms with Gasteiger partial charge in [-0.1, -0.05) is 6.42 Å². The molecule has 0 saturated carbocycles. The maximum atomic E-state index is 14.1. The maximum absolute atomic E-state index is 14.1. The van der Waals surface area contributed by atoms with E-state index in [0.717, 1.165) is 42.2 Å². The maximum Gasteiger partial charge on any atom is 0.433 e. The molecule has 1 aliphatic rings. The van der Waals surface area contributed by atoms with E-state index in [1.165, 1.54) is 25.6 Å². The monoisotopic (exact) mass is 622 g/mol. The van der Waals surface area contributed by atoms with Gasteiger partial charge in [0.2, 0.25) is 0 Å². The van der Waals surface area contributed by atoms with Crippen molar-refractivity contribution < 1.29 is 32.2 Å². The normalized spacial score (nSPS) is 13.6. The number of hydrogen-bond acceptors (Lipinski definition) is 7. The highest BCUT2D eigenvalue weighted by molar-refractivity contribution is 9.10. The van der Waals surface area contributed by atoms with E-state index in [1.54, 1.807) is 24.3 Å². The van der Waals surface area contributed by atoms with Crippen LogP contribution in [0.15, 0.2) is 34.8 Å². The molecule has 0 spiro atoms. The molecule has 3 heterocycles. The quantitative estimate of drug-likeness (QED) is 0.200. The number of aryl methyl sites for hydroxylation is 1. The van der Waals surface area contributed by atoms with Crippen molar-refractivity contribution in [3.8, 4) is 17.0 Å². The van der Waals surface area contributed by atoms with E-state index in [-0.39, 0.29) is 32.1 Å². The first-order valence-corrected chi connectivity index (χ1v) is 13.6. The zero-order chi connectivity index (χ0) is 27.9. The lowest BCUT2D eigenvalue weighted by Crippen LogP contribution is -2.17. The van der Waals surface area contributed by atoms with Crippen molar-refractivity contribution >= 4 is 49.8 Å². The lowest BCUT2D eigenvalue weighted by molar-refractivity contribution is -0.142. The summed E-state index contributed by atoms with van der Waals surface area (Å²) in [4.78, 5) is 31.3. The smallest absolute Gasteiger partial charge is 0.433 e. The van der Waals surface area contributed by atoms with E-state index in [1.807, 2.05) is 0 Å². The molecule has 1 N–H and O–H groups in total. The highest BCUT2D eigenvalue weighted by Gasteiger charge is 2.37. The first-order chi connectivity index (χ1) is 18.6. The van der Waals surface area contributed by atoms with Gasteiger partial charge in [-0.05, 0) is 77.5 Å². The molecule has 0 unspecified atom stereocenters. The van der Waals surface area contributed by atoms with Gasteiger partial charge < -0.3 is 14.8 Å². The average Bonchev–Trinajstić information content (AvgIpc) is 3.33. The van der Waals surface area contributed by atoms with Crippen LogP contribution in [0.25, 0.3) is 16.9 Å². The highest BCUT2D eigenvalue weighted by Crippen LogP contribution is 2.39. The third kappa shape index (κ3) is 5.12. The van der Waals surface area contributed by atoms with Gasteiger partial charge in [0.25, 0.3) is 5.91 Å². The Morgan fingerprint density at radius 1 is 1.10 bits per heavy atom. The molecule has 1 aromatic carbocycles. The molecule has 1 amide bonds. The molecule has 204 valence electrons. The molecule has 0 aliphatic heterocycles. The number of carbonyl (C=O) groups excluding carboxylic acids is 2. The fourth-order valence-corrected chi connectivity index (χ4v) is 6.35. The van der Waals surface area contributed by atoms with Crippen molar-refractivity contribution in [1.82, 2.24) is 14.6 Å². The molecule has 1 aliphatic carbocycles. The molecular weight excluding hydrogens is 601 g/mol. The fraction of sp³-hybridized carbons (Fsp3) is 0.308. The van der Waals surface area contributed by atoms with Crippen molar-refractivity contribution in [1.29, 1.82) is 0 Å². The highest BCUT2D eigenvalue weighted by atomic mass is 79.9. The number of ether oxygens (including phenoxy) is 2.